The SMILES string of the molecule is CCCCCCOc1c(OCCCCCC)c2ccc(C=O)cc2c2cc(C)ccc12. The van der Waals surface area contributed by atoms with Crippen molar-refractivity contribution in [3.05, 3.63) is 47.5 Å². The van der Waals surface area contributed by atoms with E-state index in [9.17, 15) is 4.79 Å². The number of fused-ring (bicyclic) bond motifs is 3. The van der Waals surface area contributed by atoms with Gasteiger partial charge in [-0.15, -0.1) is 0 Å². The highest BCUT2D eigenvalue weighted by Crippen LogP contribution is 2.44. The van der Waals surface area contributed by atoms with Crippen LogP contribution < -0.4 is 9.47 Å². The standard InChI is InChI=1S/C28H36O3/c1-4-6-8-10-16-30-27-23-14-12-21(3)18-25(23)26-19-22(20-29)13-15-24(26)28(27)31-17-11-9-7-5-2/h12-15,18-20H,4-11,16-17H2,1-3H3. The minimum Gasteiger partial charge on any atom is -0.489 e. The summed E-state index contributed by atoms with van der Waals surface area (Å²) in [6, 6.07) is 12.3. The molecule has 3 aromatic carbocycles. The molecule has 0 unspecified atom stereocenters. The van der Waals surface area contributed by atoms with Crippen molar-refractivity contribution in [1.29, 1.82) is 0 Å². The first-order valence-electron chi connectivity index (χ1n) is 11.9. The Morgan fingerprint density at radius 1 is 0.677 bits per heavy atom. The summed E-state index contributed by atoms with van der Waals surface area (Å²) in [6.07, 6.45) is 10.2. The van der Waals surface area contributed by atoms with E-state index in [0.717, 1.165) is 52.2 Å². The van der Waals surface area contributed by atoms with Gasteiger partial charge in [-0.05, 0) is 42.7 Å². The maximum absolute atomic E-state index is 11.4. The summed E-state index contributed by atoms with van der Waals surface area (Å²) in [5.74, 6) is 1.66. The molecule has 0 N–H and O–H groups in total. The first-order valence-corrected chi connectivity index (χ1v) is 11.9. The number of carbonyl (C=O) groups is 1. The number of aldehydes is 1. The smallest absolute Gasteiger partial charge is 0.169 e. The maximum Gasteiger partial charge on any atom is 0.169 e. The summed E-state index contributed by atoms with van der Waals surface area (Å²) in [7, 11) is 0. The fourth-order valence-electron chi connectivity index (χ4n) is 4.07. The zero-order valence-corrected chi connectivity index (χ0v) is 19.3. The van der Waals surface area contributed by atoms with Gasteiger partial charge in [-0.2, -0.15) is 0 Å². The second-order valence-corrected chi connectivity index (χ2v) is 8.45. The number of rotatable bonds is 13. The van der Waals surface area contributed by atoms with Crippen molar-refractivity contribution in [3.8, 4) is 11.5 Å². The highest BCUT2D eigenvalue weighted by Gasteiger charge is 2.18. The van der Waals surface area contributed by atoms with Crippen LogP contribution in [-0.2, 0) is 0 Å². The van der Waals surface area contributed by atoms with E-state index in [1.807, 2.05) is 18.2 Å². The Labute approximate surface area is 186 Å². The number of aryl methyl sites for hydroxylation is 1. The molecule has 0 aliphatic heterocycles. The number of benzene rings is 3. The number of unbranched alkanes of at least 4 members (excludes halogenated alkanes) is 6. The van der Waals surface area contributed by atoms with Crippen LogP contribution in [0.15, 0.2) is 36.4 Å². The van der Waals surface area contributed by atoms with Crippen LogP contribution >= 0.6 is 0 Å². The average molecular weight is 421 g/mol. The van der Waals surface area contributed by atoms with Gasteiger partial charge >= 0.3 is 0 Å². The van der Waals surface area contributed by atoms with Gasteiger partial charge in [0.15, 0.2) is 11.5 Å². The molecule has 0 saturated heterocycles. The first kappa shape index (κ1) is 23.1. The van der Waals surface area contributed by atoms with Gasteiger partial charge in [-0.25, -0.2) is 0 Å². The van der Waals surface area contributed by atoms with Crippen molar-refractivity contribution in [3.63, 3.8) is 0 Å². The number of hydrogen-bond acceptors (Lipinski definition) is 3. The third-order valence-electron chi connectivity index (χ3n) is 5.83. The van der Waals surface area contributed by atoms with Gasteiger partial charge in [-0.1, -0.05) is 82.2 Å². The topological polar surface area (TPSA) is 35.5 Å². The minimum atomic E-state index is 0.675. The molecule has 3 nitrogen and oxygen atoms in total. The monoisotopic (exact) mass is 420 g/mol. The number of hydrogen-bond donors (Lipinski definition) is 0. The van der Waals surface area contributed by atoms with Crippen LogP contribution in [0, 0.1) is 6.92 Å². The lowest BCUT2D eigenvalue weighted by Gasteiger charge is -2.19. The van der Waals surface area contributed by atoms with E-state index in [2.05, 4.69) is 39.0 Å². The van der Waals surface area contributed by atoms with Crippen molar-refractivity contribution < 1.29 is 14.3 Å². The molecule has 0 radical (unpaired) electrons. The predicted molar refractivity (Wildman–Crippen MR) is 131 cm³/mol. The molecule has 0 saturated carbocycles. The van der Waals surface area contributed by atoms with E-state index in [-0.39, 0.29) is 0 Å². The maximum atomic E-state index is 11.4. The van der Waals surface area contributed by atoms with Crippen LogP contribution in [0.3, 0.4) is 0 Å². The molecule has 0 fully saturated rings. The van der Waals surface area contributed by atoms with Crippen LogP contribution in [-0.4, -0.2) is 19.5 Å². The Balaban J connectivity index is 2.05. The molecule has 0 aliphatic carbocycles. The average Bonchev–Trinajstić information content (AvgIpc) is 2.79. The summed E-state index contributed by atoms with van der Waals surface area (Å²) >= 11 is 0. The van der Waals surface area contributed by atoms with Crippen LogP contribution in [0.4, 0.5) is 0 Å². The van der Waals surface area contributed by atoms with E-state index in [1.165, 1.54) is 44.1 Å². The Bertz CT molecular complexity index is 1010. The molecule has 3 heteroatoms. The first-order chi connectivity index (χ1) is 15.2. The Hall–Kier alpha value is -2.55. The Morgan fingerprint density at radius 2 is 1.23 bits per heavy atom. The quantitative estimate of drug-likeness (QED) is 0.159. The van der Waals surface area contributed by atoms with Crippen LogP contribution in [0.2, 0.25) is 0 Å². The van der Waals surface area contributed by atoms with Crippen molar-refractivity contribution in [1.82, 2.24) is 0 Å². The molecular formula is C28H36O3. The van der Waals surface area contributed by atoms with Crippen LogP contribution in [0.1, 0.15) is 81.1 Å². The van der Waals surface area contributed by atoms with Gasteiger partial charge < -0.3 is 9.47 Å². The third-order valence-corrected chi connectivity index (χ3v) is 5.83. The molecular weight excluding hydrogens is 384 g/mol. The molecule has 0 amide bonds. The molecule has 31 heavy (non-hydrogen) atoms. The zero-order valence-electron chi connectivity index (χ0n) is 19.3. The Morgan fingerprint density at radius 3 is 1.77 bits per heavy atom. The van der Waals surface area contributed by atoms with E-state index < -0.39 is 0 Å². The minimum absolute atomic E-state index is 0.675. The summed E-state index contributed by atoms with van der Waals surface area (Å²) < 4.78 is 12.8. The van der Waals surface area contributed by atoms with Crippen molar-refractivity contribution in [2.45, 2.75) is 72.1 Å². The largest absolute Gasteiger partial charge is 0.489 e. The molecule has 0 heterocycles. The van der Waals surface area contributed by atoms with Gasteiger partial charge in [0.05, 0.1) is 13.2 Å². The predicted octanol–water partition coefficient (Wildman–Crippen LogP) is 8.03. The molecule has 0 spiro atoms. The molecule has 0 bridgehead atoms. The fourth-order valence-corrected chi connectivity index (χ4v) is 4.07. The molecule has 166 valence electrons. The lowest BCUT2D eigenvalue weighted by Crippen LogP contribution is -2.04. The zero-order chi connectivity index (χ0) is 22.1. The molecule has 3 aromatic rings. The lowest BCUT2D eigenvalue weighted by molar-refractivity contribution is 0.112. The van der Waals surface area contributed by atoms with Crippen molar-refractivity contribution in [2.75, 3.05) is 13.2 Å². The van der Waals surface area contributed by atoms with E-state index in [4.69, 9.17) is 9.47 Å². The van der Waals surface area contributed by atoms with Gasteiger partial charge in [0, 0.05) is 16.3 Å². The van der Waals surface area contributed by atoms with Crippen molar-refractivity contribution >= 4 is 27.8 Å². The molecule has 0 aliphatic rings. The summed E-state index contributed by atoms with van der Waals surface area (Å²) in [4.78, 5) is 11.4. The van der Waals surface area contributed by atoms with Gasteiger partial charge in [0.25, 0.3) is 0 Å². The van der Waals surface area contributed by atoms with Crippen LogP contribution in [0.25, 0.3) is 21.5 Å². The highest BCUT2D eigenvalue weighted by atomic mass is 16.5. The van der Waals surface area contributed by atoms with Crippen molar-refractivity contribution in [2.24, 2.45) is 0 Å². The van der Waals surface area contributed by atoms with Gasteiger partial charge in [0.2, 0.25) is 0 Å². The second-order valence-electron chi connectivity index (χ2n) is 8.45. The van der Waals surface area contributed by atoms with E-state index >= 15 is 0 Å². The van der Waals surface area contributed by atoms with Gasteiger partial charge in [0.1, 0.15) is 6.29 Å². The summed E-state index contributed by atoms with van der Waals surface area (Å²) in [5.41, 5.74) is 1.87. The third kappa shape index (κ3) is 5.78. The number of ether oxygens (including phenoxy) is 2. The molecule has 3 rings (SSSR count). The summed E-state index contributed by atoms with van der Waals surface area (Å²) in [6.45, 7) is 7.90. The normalized spacial score (nSPS) is 11.2. The number of carbonyl (C=O) groups excluding carboxylic acids is 1. The summed E-state index contributed by atoms with van der Waals surface area (Å²) in [5, 5.41) is 4.23. The lowest BCUT2D eigenvalue weighted by atomic mass is 9.97. The molecule has 0 aromatic heterocycles. The van der Waals surface area contributed by atoms with E-state index in [0.29, 0.717) is 18.8 Å². The second kappa shape index (κ2) is 11.7. The van der Waals surface area contributed by atoms with Crippen LogP contribution in [0.5, 0.6) is 11.5 Å². The van der Waals surface area contributed by atoms with E-state index in [1.54, 1.807) is 0 Å². The fraction of sp³-hybridized carbons (Fsp3) is 0.464. The molecule has 0 atom stereocenters. The highest BCUT2D eigenvalue weighted by molar-refractivity contribution is 6.14. The van der Waals surface area contributed by atoms with Gasteiger partial charge in [-0.3, -0.25) is 4.79 Å². The Kier molecular flexibility index (Phi) is 8.75.